The van der Waals surface area contributed by atoms with Crippen molar-refractivity contribution in [3.05, 3.63) is 0 Å². The molecule has 14 heavy (non-hydrogen) atoms. The molecule has 0 spiro atoms. The molecule has 1 fully saturated rings. The minimum Gasteiger partial charge on any atom is -0.460 e. The fraction of sp³-hybridized carbons (Fsp3) is 0.909. The molecule has 82 valence electrons. The van der Waals surface area contributed by atoms with Crippen LogP contribution in [0.25, 0.3) is 0 Å². The molecule has 0 bridgehead atoms. The molecule has 1 aliphatic carbocycles. The summed E-state index contributed by atoms with van der Waals surface area (Å²) in [7, 11) is 0. The van der Waals surface area contributed by atoms with Crippen LogP contribution in [0.1, 0.15) is 40.0 Å². The molecule has 0 aromatic carbocycles. The first kappa shape index (κ1) is 11.5. The molecule has 0 radical (unpaired) electrons. The van der Waals surface area contributed by atoms with Crippen molar-refractivity contribution in [3.63, 3.8) is 0 Å². The third-order valence-corrected chi connectivity index (χ3v) is 2.51. The largest absolute Gasteiger partial charge is 0.460 e. The van der Waals surface area contributed by atoms with Gasteiger partial charge in [0.25, 0.3) is 0 Å². The highest BCUT2D eigenvalue weighted by atomic mass is 16.6. The molecule has 1 rings (SSSR count). The highest BCUT2D eigenvalue weighted by Gasteiger charge is 2.36. The van der Waals surface area contributed by atoms with E-state index in [1.807, 2.05) is 20.8 Å². The van der Waals surface area contributed by atoms with Gasteiger partial charge in [-0.05, 0) is 46.0 Å². The van der Waals surface area contributed by atoms with E-state index < -0.39 is 0 Å². The second-order valence-electron chi connectivity index (χ2n) is 5.08. The summed E-state index contributed by atoms with van der Waals surface area (Å²) in [6, 6.07) is 0. The van der Waals surface area contributed by atoms with Gasteiger partial charge in [0.2, 0.25) is 0 Å². The maximum absolute atomic E-state index is 11.5. The minimum atomic E-state index is -0.376. The molecule has 0 aliphatic heterocycles. The van der Waals surface area contributed by atoms with Gasteiger partial charge in [-0.3, -0.25) is 4.79 Å². The number of rotatable bonds is 3. The number of carbonyl (C=O) groups excluding carboxylic acids is 1. The molecular weight excluding hydrogens is 180 g/mol. The lowest BCUT2D eigenvalue weighted by Crippen LogP contribution is -2.36. The van der Waals surface area contributed by atoms with Crippen LogP contribution in [0.3, 0.4) is 0 Å². The average molecular weight is 200 g/mol. The van der Waals surface area contributed by atoms with Gasteiger partial charge in [-0.1, -0.05) is 0 Å². The maximum Gasteiger partial charge on any atom is 0.309 e. The highest BCUT2D eigenvalue weighted by Crippen LogP contribution is 2.37. The van der Waals surface area contributed by atoms with E-state index in [0.29, 0.717) is 5.92 Å². The summed E-state index contributed by atoms with van der Waals surface area (Å²) in [5, 5.41) is 8.70. The zero-order valence-electron chi connectivity index (χ0n) is 9.25. The molecule has 3 heteroatoms. The van der Waals surface area contributed by atoms with Crippen molar-refractivity contribution in [1.82, 2.24) is 0 Å². The number of carbonyl (C=O) groups is 1. The SMILES string of the molecule is CC(C)(C)OC(=O)C1CC(CCO)C1. The maximum atomic E-state index is 11.5. The smallest absolute Gasteiger partial charge is 0.309 e. The van der Waals surface area contributed by atoms with Crippen molar-refractivity contribution in [1.29, 1.82) is 0 Å². The Labute approximate surface area is 85.5 Å². The van der Waals surface area contributed by atoms with Gasteiger partial charge < -0.3 is 9.84 Å². The Morgan fingerprint density at radius 2 is 2.00 bits per heavy atom. The van der Waals surface area contributed by atoms with Crippen LogP contribution in [-0.2, 0) is 9.53 Å². The van der Waals surface area contributed by atoms with E-state index in [1.165, 1.54) is 0 Å². The standard InChI is InChI=1S/C11H20O3/c1-11(2,3)14-10(13)9-6-8(7-9)4-5-12/h8-9,12H,4-7H2,1-3H3. The zero-order chi connectivity index (χ0) is 10.8. The average Bonchev–Trinajstić information content (AvgIpc) is 1.91. The number of aliphatic hydroxyl groups excluding tert-OH is 1. The van der Waals surface area contributed by atoms with Gasteiger partial charge >= 0.3 is 5.97 Å². The molecule has 0 atom stereocenters. The Balaban J connectivity index is 2.23. The van der Waals surface area contributed by atoms with E-state index in [0.717, 1.165) is 19.3 Å². The molecule has 0 amide bonds. The number of aliphatic hydroxyl groups is 1. The normalized spacial score (nSPS) is 26.9. The first-order valence-electron chi connectivity index (χ1n) is 5.26. The molecule has 1 saturated carbocycles. The fourth-order valence-electron chi connectivity index (χ4n) is 1.73. The molecule has 1 N–H and O–H groups in total. The van der Waals surface area contributed by atoms with Crippen molar-refractivity contribution in [2.24, 2.45) is 11.8 Å². The van der Waals surface area contributed by atoms with Gasteiger partial charge in [0, 0.05) is 6.61 Å². The minimum absolute atomic E-state index is 0.0748. The van der Waals surface area contributed by atoms with Crippen LogP contribution in [0.2, 0.25) is 0 Å². The molecule has 0 aromatic heterocycles. The predicted molar refractivity (Wildman–Crippen MR) is 53.8 cm³/mol. The van der Waals surface area contributed by atoms with Gasteiger partial charge in [-0.2, -0.15) is 0 Å². The molecule has 0 unspecified atom stereocenters. The predicted octanol–water partition coefficient (Wildman–Crippen LogP) is 1.74. The number of hydrogen-bond donors (Lipinski definition) is 1. The van der Waals surface area contributed by atoms with Crippen LogP contribution in [-0.4, -0.2) is 23.3 Å². The van der Waals surface area contributed by atoms with E-state index in [-0.39, 0.29) is 24.1 Å². The van der Waals surface area contributed by atoms with Gasteiger partial charge in [0.1, 0.15) is 5.60 Å². The lowest BCUT2D eigenvalue weighted by molar-refractivity contribution is -0.165. The summed E-state index contributed by atoms with van der Waals surface area (Å²) in [4.78, 5) is 11.5. The summed E-state index contributed by atoms with van der Waals surface area (Å²) in [6.45, 7) is 5.88. The summed E-state index contributed by atoms with van der Waals surface area (Å²) < 4.78 is 5.27. The second kappa shape index (κ2) is 4.30. The Bertz CT molecular complexity index is 199. The molecule has 0 heterocycles. The van der Waals surface area contributed by atoms with E-state index in [1.54, 1.807) is 0 Å². The van der Waals surface area contributed by atoms with Crippen LogP contribution in [0.5, 0.6) is 0 Å². The van der Waals surface area contributed by atoms with E-state index >= 15 is 0 Å². The van der Waals surface area contributed by atoms with E-state index in [2.05, 4.69) is 0 Å². The number of esters is 1. The third-order valence-electron chi connectivity index (χ3n) is 2.51. The summed E-state index contributed by atoms with van der Waals surface area (Å²) >= 11 is 0. The first-order valence-corrected chi connectivity index (χ1v) is 5.26. The van der Waals surface area contributed by atoms with Gasteiger partial charge in [0.05, 0.1) is 5.92 Å². The summed E-state index contributed by atoms with van der Waals surface area (Å²) in [5.41, 5.74) is -0.376. The van der Waals surface area contributed by atoms with Crippen molar-refractivity contribution in [3.8, 4) is 0 Å². The van der Waals surface area contributed by atoms with Gasteiger partial charge in [-0.25, -0.2) is 0 Å². The van der Waals surface area contributed by atoms with Crippen LogP contribution >= 0.6 is 0 Å². The van der Waals surface area contributed by atoms with Crippen molar-refractivity contribution >= 4 is 5.97 Å². The van der Waals surface area contributed by atoms with E-state index in [9.17, 15) is 4.79 Å². The van der Waals surface area contributed by atoms with Crippen LogP contribution in [0.15, 0.2) is 0 Å². The molecule has 0 aromatic rings. The zero-order valence-corrected chi connectivity index (χ0v) is 9.25. The lowest BCUT2D eigenvalue weighted by Gasteiger charge is -2.35. The lowest BCUT2D eigenvalue weighted by atomic mass is 9.73. The molecule has 3 nitrogen and oxygen atoms in total. The Morgan fingerprint density at radius 1 is 1.43 bits per heavy atom. The Hall–Kier alpha value is -0.570. The molecular formula is C11H20O3. The van der Waals surface area contributed by atoms with Crippen molar-refractivity contribution in [2.45, 2.75) is 45.6 Å². The van der Waals surface area contributed by atoms with Crippen molar-refractivity contribution < 1.29 is 14.6 Å². The van der Waals surface area contributed by atoms with Gasteiger partial charge in [-0.15, -0.1) is 0 Å². The second-order valence-corrected chi connectivity index (χ2v) is 5.08. The van der Waals surface area contributed by atoms with E-state index in [4.69, 9.17) is 9.84 Å². The topological polar surface area (TPSA) is 46.5 Å². The highest BCUT2D eigenvalue weighted by molar-refractivity contribution is 5.73. The Kier molecular flexibility index (Phi) is 3.53. The monoisotopic (exact) mass is 200 g/mol. The van der Waals surface area contributed by atoms with Crippen LogP contribution < -0.4 is 0 Å². The molecule has 1 aliphatic rings. The first-order chi connectivity index (χ1) is 6.42. The van der Waals surface area contributed by atoms with Crippen molar-refractivity contribution in [2.75, 3.05) is 6.61 Å². The third kappa shape index (κ3) is 3.29. The summed E-state index contributed by atoms with van der Waals surface area (Å²) in [6.07, 6.45) is 2.59. The quantitative estimate of drug-likeness (QED) is 0.706. The molecule has 0 saturated heterocycles. The van der Waals surface area contributed by atoms with Crippen LogP contribution in [0.4, 0.5) is 0 Å². The fourth-order valence-corrected chi connectivity index (χ4v) is 1.73. The number of hydrogen-bond acceptors (Lipinski definition) is 3. The van der Waals surface area contributed by atoms with Crippen LogP contribution in [0, 0.1) is 11.8 Å². The summed E-state index contributed by atoms with van der Waals surface area (Å²) in [5.74, 6) is 0.523. The van der Waals surface area contributed by atoms with Gasteiger partial charge in [0.15, 0.2) is 0 Å². The Morgan fingerprint density at radius 3 is 2.43 bits per heavy atom. The number of ether oxygens (including phenoxy) is 1.